The van der Waals surface area contributed by atoms with Crippen molar-refractivity contribution in [3.05, 3.63) is 126 Å². The first-order chi connectivity index (χ1) is 26.3. The van der Waals surface area contributed by atoms with Crippen LogP contribution in [0, 0.1) is 41.5 Å². The summed E-state index contributed by atoms with van der Waals surface area (Å²) in [6, 6.07) is 13.8. The summed E-state index contributed by atoms with van der Waals surface area (Å²) in [5, 5.41) is 27.0. The van der Waals surface area contributed by atoms with E-state index in [0.717, 1.165) is 101 Å². The van der Waals surface area contributed by atoms with Crippen LogP contribution in [-0.4, -0.2) is 35.1 Å². The molecule has 7 N–H and O–H groups in total. The highest BCUT2D eigenvalue weighted by atomic mass is 15.1. The number of nitrogens with one attached hydrogen (secondary N) is 7. The third-order valence-corrected chi connectivity index (χ3v) is 12.6. The van der Waals surface area contributed by atoms with E-state index >= 15 is 0 Å². The van der Waals surface area contributed by atoms with Crippen LogP contribution in [0.25, 0.3) is 0 Å². The van der Waals surface area contributed by atoms with Crippen LogP contribution in [0.3, 0.4) is 0 Å². The van der Waals surface area contributed by atoms with Gasteiger partial charge in [-0.1, -0.05) is 18.6 Å². The van der Waals surface area contributed by atoms with Crippen molar-refractivity contribution in [1.29, 1.82) is 0 Å². The molecule has 4 aliphatic rings. The van der Waals surface area contributed by atoms with Gasteiger partial charge in [0, 0.05) is 90.6 Å². The van der Waals surface area contributed by atoms with Gasteiger partial charge in [-0.15, -0.1) is 0 Å². The van der Waals surface area contributed by atoms with Crippen LogP contribution in [0.5, 0.6) is 0 Å². The summed E-state index contributed by atoms with van der Waals surface area (Å²) >= 11 is 0. The van der Waals surface area contributed by atoms with Crippen LogP contribution in [0.4, 0.5) is 0 Å². The van der Waals surface area contributed by atoms with E-state index in [1.807, 2.05) is 0 Å². The second kappa shape index (κ2) is 17.9. The smallest absolute Gasteiger partial charge is 0.0545 e. The molecule has 288 valence electrons. The van der Waals surface area contributed by atoms with Crippen LogP contribution < -0.4 is 37.2 Å². The Balaban J connectivity index is 1.29. The minimum atomic E-state index is 0.472. The standard InChI is InChI=1S/C45H63N9/c1-28-40-22-46-16-34-10-7-12-37(52-34)19-49-25-43-31(4)44-26-50-20-38-13-8-11-35(53-38)17-47-23-41(28)30(3)42(29(40)2)24-48-18-36-14-9-15-39(54-36)21-51-27-45(32(43)5)33(44)6/h7-8,10-13,36,39,46-51,54H,9,14-27H2,1-6H3. The highest BCUT2D eigenvalue weighted by Gasteiger charge is 2.23. The number of pyridine rings is 2. The fourth-order valence-electron chi connectivity index (χ4n) is 9.26. The molecule has 4 aromatic rings. The monoisotopic (exact) mass is 730 g/mol. The van der Waals surface area contributed by atoms with Crippen LogP contribution >= 0.6 is 0 Å². The van der Waals surface area contributed by atoms with E-state index in [1.54, 1.807) is 0 Å². The summed E-state index contributed by atoms with van der Waals surface area (Å²) in [5.74, 6) is 0. The number of hydrogen-bond acceptors (Lipinski definition) is 9. The maximum absolute atomic E-state index is 5.08. The highest BCUT2D eigenvalue weighted by Crippen LogP contribution is 2.30. The third-order valence-electron chi connectivity index (χ3n) is 12.6. The van der Waals surface area contributed by atoms with Crippen LogP contribution in [-0.2, 0) is 65.4 Å². The Morgan fingerprint density at radius 3 is 0.963 bits per heavy atom. The Morgan fingerprint density at radius 1 is 0.389 bits per heavy atom. The molecule has 54 heavy (non-hydrogen) atoms. The maximum Gasteiger partial charge on any atom is 0.0545 e. The molecule has 8 rings (SSSR count). The van der Waals surface area contributed by atoms with E-state index in [0.29, 0.717) is 12.1 Å². The van der Waals surface area contributed by atoms with Gasteiger partial charge in [-0.2, -0.15) is 0 Å². The van der Waals surface area contributed by atoms with Crippen molar-refractivity contribution in [1.82, 2.24) is 47.2 Å². The Morgan fingerprint density at radius 2 is 0.667 bits per heavy atom. The first-order valence-corrected chi connectivity index (χ1v) is 20.4. The normalized spacial score (nSPS) is 20.6. The molecule has 9 heteroatoms. The van der Waals surface area contributed by atoms with Crippen molar-refractivity contribution in [2.75, 3.05) is 13.1 Å². The molecule has 2 unspecified atom stereocenters. The number of aromatic nitrogens is 2. The molecule has 1 fully saturated rings. The predicted molar refractivity (Wildman–Crippen MR) is 220 cm³/mol. The van der Waals surface area contributed by atoms with Crippen molar-refractivity contribution in [3.63, 3.8) is 0 Å². The van der Waals surface area contributed by atoms with Gasteiger partial charge >= 0.3 is 0 Å². The van der Waals surface area contributed by atoms with Crippen LogP contribution in [0.1, 0.15) is 109 Å². The fourth-order valence-corrected chi connectivity index (χ4v) is 9.26. The largest absolute Gasteiger partial charge is 0.311 e. The molecule has 9 nitrogen and oxygen atoms in total. The number of piperidine rings is 1. The summed E-state index contributed by atoms with van der Waals surface area (Å²) in [6.07, 6.45) is 3.70. The molecule has 12 bridgehead atoms. The lowest BCUT2D eigenvalue weighted by Crippen LogP contribution is -2.50. The SMILES string of the molecule is Cc1c2c(C)c3c(C)c1CNCc1cccc(n1)CNCc1c(C)c(c(C)c(c1C)CNCC1CCCC(CNC3)N1)CNCc1cccc(n1)CNC2. The number of fused-ring (bicyclic) bond motifs is 12. The fraction of sp³-hybridized carbons (Fsp3) is 0.511. The lowest BCUT2D eigenvalue weighted by atomic mass is 9.87. The minimum absolute atomic E-state index is 0.472. The second-order valence-electron chi connectivity index (χ2n) is 16.0. The summed E-state index contributed by atoms with van der Waals surface area (Å²) in [7, 11) is 0. The predicted octanol–water partition coefficient (Wildman–Crippen LogP) is 5.50. The van der Waals surface area contributed by atoms with Gasteiger partial charge in [0.25, 0.3) is 0 Å². The zero-order chi connectivity index (χ0) is 37.6. The Hall–Kier alpha value is -3.54. The number of rotatable bonds is 0. The van der Waals surface area contributed by atoms with Crippen molar-refractivity contribution < 1.29 is 0 Å². The van der Waals surface area contributed by atoms with E-state index in [-0.39, 0.29) is 0 Å². The van der Waals surface area contributed by atoms with E-state index in [2.05, 4.69) is 115 Å². The first-order valence-electron chi connectivity index (χ1n) is 20.4. The Kier molecular flexibility index (Phi) is 12.9. The van der Waals surface area contributed by atoms with Gasteiger partial charge in [0.05, 0.1) is 22.8 Å². The van der Waals surface area contributed by atoms with Crippen molar-refractivity contribution >= 4 is 0 Å². The molecule has 0 saturated carbocycles. The number of benzene rings is 2. The molecule has 0 spiro atoms. The number of hydrogen-bond donors (Lipinski definition) is 7. The van der Waals surface area contributed by atoms with E-state index in [1.165, 1.54) is 86.0 Å². The third kappa shape index (κ3) is 8.95. The Bertz CT molecular complexity index is 1690. The molecule has 2 atom stereocenters. The number of nitrogens with zero attached hydrogens (tertiary/aromatic N) is 2. The summed E-state index contributed by atoms with van der Waals surface area (Å²) in [4.78, 5) is 10.2. The zero-order valence-corrected chi connectivity index (χ0v) is 33.6. The molecule has 1 saturated heterocycles. The second-order valence-corrected chi connectivity index (χ2v) is 16.0. The van der Waals surface area contributed by atoms with Crippen molar-refractivity contribution in [2.24, 2.45) is 0 Å². The van der Waals surface area contributed by atoms with E-state index in [4.69, 9.17) is 9.97 Å². The van der Waals surface area contributed by atoms with Gasteiger partial charge in [0.15, 0.2) is 0 Å². The average molecular weight is 730 g/mol. The van der Waals surface area contributed by atoms with Crippen LogP contribution in [0.2, 0.25) is 0 Å². The lowest BCUT2D eigenvalue weighted by molar-refractivity contribution is 0.302. The summed E-state index contributed by atoms with van der Waals surface area (Å²) < 4.78 is 0. The quantitative estimate of drug-likeness (QED) is 0.126. The van der Waals surface area contributed by atoms with Gasteiger partial charge in [0.1, 0.15) is 0 Å². The minimum Gasteiger partial charge on any atom is -0.311 e. The maximum atomic E-state index is 5.08. The van der Waals surface area contributed by atoms with E-state index in [9.17, 15) is 0 Å². The van der Waals surface area contributed by atoms with Gasteiger partial charge in [-0.05, 0) is 145 Å². The van der Waals surface area contributed by atoms with Gasteiger partial charge in [-0.3, -0.25) is 9.97 Å². The first kappa shape index (κ1) is 38.7. The summed E-state index contributed by atoms with van der Waals surface area (Å²) in [5.41, 5.74) is 21.0. The Labute approximate surface area is 323 Å². The molecule has 2 aromatic carbocycles. The molecule has 0 aliphatic carbocycles. The summed E-state index contributed by atoms with van der Waals surface area (Å²) in [6.45, 7) is 23.7. The van der Waals surface area contributed by atoms with Crippen molar-refractivity contribution in [2.45, 2.75) is 138 Å². The molecular weight excluding hydrogens is 667 g/mol. The molecular formula is C45H63N9. The topological polar surface area (TPSA) is 110 Å². The molecule has 0 amide bonds. The zero-order valence-electron chi connectivity index (χ0n) is 33.6. The van der Waals surface area contributed by atoms with Gasteiger partial charge in [-0.25, -0.2) is 0 Å². The average Bonchev–Trinajstić information content (AvgIpc) is 3.16. The van der Waals surface area contributed by atoms with Crippen molar-refractivity contribution in [3.8, 4) is 0 Å². The van der Waals surface area contributed by atoms with Gasteiger partial charge in [0.2, 0.25) is 0 Å². The molecule has 4 aliphatic heterocycles. The lowest BCUT2D eigenvalue weighted by Gasteiger charge is -2.32. The molecule has 6 heterocycles. The molecule has 2 aromatic heterocycles. The van der Waals surface area contributed by atoms with Crippen LogP contribution in [0.15, 0.2) is 36.4 Å². The highest BCUT2D eigenvalue weighted by molar-refractivity contribution is 5.52. The van der Waals surface area contributed by atoms with Gasteiger partial charge < -0.3 is 37.2 Å². The molecule has 0 radical (unpaired) electrons. The van der Waals surface area contributed by atoms with E-state index < -0.39 is 0 Å².